The number of benzene rings is 2. The van der Waals surface area contributed by atoms with Gasteiger partial charge in [-0.3, -0.25) is 9.88 Å². The second kappa shape index (κ2) is 7.88. The topological polar surface area (TPSA) is 36.4 Å². The van der Waals surface area contributed by atoms with Crippen LogP contribution in [0.2, 0.25) is 0 Å². The number of pyridine rings is 1. The summed E-state index contributed by atoms with van der Waals surface area (Å²) in [5, 5.41) is 0.956. The second-order valence-electron chi connectivity index (χ2n) is 6.79. The molecular weight excluding hydrogens is 431 g/mol. The van der Waals surface area contributed by atoms with Gasteiger partial charge in [-0.2, -0.15) is 13.2 Å². The Morgan fingerprint density at radius 3 is 2.50 bits per heavy atom. The molecule has 0 radical (unpaired) electrons. The first kappa shape index (κ1) is 20.6. The number of nitrogens with zero attached hydrogens (tertiary/aromatic N) is 3. The van der Waals surface area contributed by atoms with Crippen molar-refractivity contribution in [3.63, 3.8) is 0 Å². The number of urea groups is 1. The van der Waals surface area contributed by atoms with Gasteiger partial charge in [-0.1, -0.05) is 30.4 Å². The minimum atomic E-state index is -4.36. The fourth-order valence-electron chi connectivity index (χ4n) is 3.42. The van der Waals surface area contributed by atoms with E-state index in [1.54, 1.807) is 11.1 Å². The Morgan fingerprint density at radius 2 is 1.80 bits per heavy atom. The summed E-state index contributed by atoms with van der Waals surface area (Å²) >= 11 is 5.30. The van der Waals surface area contributed by atoms with Crippen molar-refractivity contribution in [1.82, 2.24) is 9.88 Å². The Morgan fingerprint density at radius 1 is 1.10 bits per heavy atom. The number of rotatable bonds is 4. The van der Waals surface area contributed by atoms with Crippen molar-refractivity contribution in [3.8, 4) is 0 Å². The number of aromatic nitrogens is 1. The Balaban J connectivity index is 1.59. The van der Waals surface area contributed by atoms with Crippen molar-refractivity contribution in [2.45, 2.75) is 29.9 Å². The van der Waals surface area contributed by atoms with E-state index in [9.17, 15) is 18.0 Å². The monoisotopic (exact) mass is 447 g/mol. The van der Waals surface area contributed by atoms with Gasteiger partial charge in [-0.25, -0.2) is 4.79 Å². The quantitative estimate of drug-likeness (QED) is 0.363. The van der Waals surface area contributed by atoms with E-state index in [-0.39, 0.29) is 28.7 Å². The molecule has 0 saturated carbocycles. The molecule has 3 aromatic rings. The summed E-state index contributed by atoms with van der Waals surface area (Å²) in [6, 6.07) is 14.6. The molecule has 1 saturated heterocycles. The molecule has 2 amide bonds. The number of carbonyl (C=O) groups excluding carboxylic acids is 1. The summed E-state index contributed by atoms with van der Waals surface area (Å²) in [5.41, 5.74) is -2.13. The molecule has 1 aromatic heterocycles. The van der Waals surface area contributed by atoms with Crippen molar-refractivity contribution in [3.05, 3.63) is 66.4 Å². The van der Waals surface area contributed by atoms with E-state index < -0.39 is 5.51 Å². The van der Waals surface area contributed by atoms with Crippen molar-refractivity contribution in [2.75, 3.05) is 4.90 Å². The van der Waals surface area contributed by atoms with Gasteiger partial charge in [0.2, 0.25) is 0 Å². The summed E-state index contributed by atoms with van der Waals surface area (Å²) < 4.78 is 37.7. The van der Waals surface area contributed by atoms with Gasteiger partial charge in [-0.05, 0) is 60.6 Å². The Kier molecular flexibility index (Phi) is 5.42. The Labute approximate surface area is 180 Å². The Bertz CT molecular complexity index is 1110. The van der Waals surface area contributed by atoms with Crippen LogP contribution in [0.1, 0.15) is 12.5 Å². The fraction of sp³-hybridized carbons (Fsp3) is 0.190. The third kappa shape index (κ3) is 3.99. The highest BCUT2D eigenvalue weighted by atomic mass is 32.2. The largest absolute Gasteiger partial charge is 0.446 e. The smallest absolute Gasteiger partial charge is 0.311 e. The van der Waals surface area contributed by atoms with Crippen LogP contribution in [0.25, 0.3) is 10.9 Å². The van der Waals surface area contributed by atoms with E-state index in [1.807, 2.05) is 37.3 Å². The number of alkyl halides is 3. The van der Waals surface area contributed by atoms with Crippen LogP contribution < -0.4 is 4.90 Å². The van der Waals surface area contributed by atoms with Crippen LogP contribution in [-0.2, 0) is 6.54 Å². The molecule has 154 valence electrons. The first-order chi connectivity index (χ1) is 14.2. The van der Waals surface area contributed by atoms with Crippen LogP contribution in [0.5, 0.6) is 0 Å². The standard InChI is InChI=1S/C21H16F3N3OS2/c1-13-19(29)27(15-6-8-16(9-7-15)30-21(22,23)24)20(28)26(13)12-14-10-11-25-18-5-3-2-4-17(14)18/h2-11,13H,12H2,1H3/t13-/m1/s1. The number of hydrogen-bond donors (Lipinski definition) is 0. The summed E-state index contributed by atoms with van der Waals surface area (Å²) in [6.45, 7) is 2.19. The number of thiocarbonyl (C=S) groups is 1. The highest BCUT2D eigenvalue weighted by molar-refractivity contribution is 8.00. The maximum Gasteiger partial charge on any atom is 0.446 e. The van der Waals surface area contributed by atoms with Crippen LogP contribution in [0.4, 0.5) is 23.7 Å². The van der Waals surface area contributed by atoms with Crippen LogP contribution in [0.15, 0.2) is 65.7 Å². The van der Waals surface area contributed by atoms with Crippen LogP contribution in [0.3, 0.4) is 0 Å². The van der Waals surface area contributed by atoms with Gasteiger partial charge in [0.05, 0.1) is 17.2 Å². The van der Waals surface area contributed by atoms with Gasteiger partial charge in [0, 0.05) is 23.0 Å². The third-order valence-corrected chi connectivity index (χ3v) is 6.15. The first-order valence-corrected chi connectivity index (χ1v) is 10.3. The summed E-state index contributed by atoms with van der Waals surface area (Å²) in [7, 11) is 0. The first-order valence-electron chi connectivity index (χ1n) is 9.07. The lowest BCUT2D eigenvalue weighted by atomic mass is 10.1. The SMILES string of the molecule is C[C@@H]1C(=S)N(c2ccc(SC(F)(F)F)cc2)C(=O)N1Cc1ccnc2ccccc12. The number of thioether (sulfide) groups is 1. The minimum absolute atomic E-state index is 0.0528. The van der Waals surface area contributed by atoms with Crippen LogP contribution in [0, 0.1) is 0 Å². The average Bonchev–Trinajstić information content (AvgIpc) is 2.91. The zero-order chi connectivity index (χ0) is 21.5. The molecule has 0 bridgehead atoms. The number of amides is 2. The summed E-state index contributed by atoms with van der Waals surface area (Å²) in [4.78, 5) is 21.0. The molecule has 0 unspecified atom stereocenters. The number of carbonyl (C=O) groups is 1. The van der Waals surface area contributed by atoms with Crippen molar-refractivity contribution in [1.29, 1.82) is 0 Å². The summed E-state index contributed by atoms with van der Waals surface area (Å²) in [6.07, 6.45) is 1.70. The lowest BCUT2D eigenvalue weighted by Gasteiger charge is -2.21. The normalized spacial score (nSPS) is 17.3. The van der Waals surface area contributed by atoms with E-state index >= 15 is 0 Å². The maximum atomic E-state index is 13.1. The number of halogens is 3. The number of para-hydroxylation sites is 1. The zero-order valence-corrected chi connectivity index (χ0v) is 17.4. The van der Waals surface area contributed by atoms with E-state index in [2.05, 4.69) is 4.98 Å². The Hall–Kier alpha value is -2.65. The predicted molar refractivity (Wildman–Crippen MR) is 116 cm³/mol. The molecule has 0 aliphatic carbocycles. The van der Waals surface area contributed by atoms with E-state index in [4.69, 9.17) is 12.2 Å². The molecule has 2 heterocycles. The van der Waals surface area contributed by atoms with Gasteiger partial charge in [0.1, 0.15) is 4.99 Å². The van der Waals surface area contributed by atoms with Crippen LogP contribution in [-0.4, -0.2) is 32.5 Å². The van der Waals surface area contributed by atoms with Gasteiger partial charge < -0.3 is 4.90 Å². The lowest BCUT2D eigenvalue weighted by molar-refractivity contribution is -0.0328. The average molecular weight is 448 g/mol. The molecule has 1 fully saturated rings. The highest BCUT2D eigenvalue weighted by Crippen LogP contribution is 2.38. The molecule has 9 heteroatoms. The molecule has 4 rings (SSSR count). The molecule has 30 heavy (non-hydrogen) atoms. The number of hydrogen-bond acceptors (Lipinski definition) is 4. The van der Waals surface area contributed by atoms with Crippen LogP contribution >= 0.6 is 24.0 Å². The molecule has 1 aliphatic rings. The van der Waals surface area contributed by atoms with E-state index in [0.717, 1.165) is 16.5 Å². The molecule has 1 aliphatic heterocycles. The maximum absolute atomic E-state index is 13.1. The zero-order valence-electron chi connectivity index (χ0n) is 15.8. The molecule has 2 aromatic carbocycles. The molecular formula is C21H16F3N3OS2. The van der Waals surface area contributed by atoms with Crippen molar-refractivity contribution >= 4 is 51.6 Å². The van der Waals surface area contributed by atoms with E-state index in [0.29, 0.717) is 17.2 Å². The highest BCUT2D eigenvalue weighted by Gasteiger charge is 2.40. The van der Waals surface area contributed by atoms with Gasteiger partial charge >= 0.3 is 11.5 Å². The van der Waals surface area contributed by atoms with Gasteiger partial charge in [-0.15, -0.1) is 0 Å². The van der Waals surface area contributed by atoms with Gasteiger partial charge in [0.25, 0.3) is 0 Å². The molecule has 0 spiro atoms. The molecule has 1 atom stereocenters. The number of anilines is 1. The third-order valence-electron chi connectivity index (χ3n) is 4.89. The van der Waals surface area contributed by atoms with E-state index in [1.165, 1.54) is 29.2 Å². The fourth-order valence-corrected chi connectivity index (χ4v) is 4.27. The molecule has 4 nitrogen and oxygen atoms in total. The van der Waals surface area contributed by atoms with Crippen molar-refractivity contribution in [2.24, 2.45) is 0 Å². The van der Waals surface area contributed by atoms with Crippen molar-refractivity contribution < 1.29 is 18.0 Å². The number of fused-ring (bicyclic) bond motifs is 1. The summed E-state index contributed by atoms with van der Waals surface area (Å²) in [5.74, 6) is 0. The predicted octanol–water partition coefficient (Wildman–Crippen LogP) is 6.00. The minimum Gasteiger partial charge on any atom is -0.311 e. The lowest BCUT2D eigenvalue weighted by Crippen LogP contribution is -2.33. The van der Waals surface area contributed by atoms with Gasteiger partial charge in [0.15, 0.2) is 0 Å². The second-order valence-corrected chi connectivity index (χ2v) is 8.35. The molecule has 0 N–H and O–H groups in total.